The lowest BCUT2D eigenvalue weighted by Gasteiger charge is -2.23. The Morgan fingerprint density at radius 2 is 1.63 bits per heavy atom. The molecule has 2 aliphatic rings. The van der Waals surface area contributed by atoms with Crippen LogP contribution in [0.3, 0.4) is 0 Å². The highest BCUT2D eigenvalue weighted by atomic mass is 16.2. The number of nitrogens with one attached hydrogen (secondary N) is 6. The summed E-state index contributed by atoms with van der Waals surface area (Å²) in [5.74, 6) is 1.18. The molecular weight excluding hydrogens is 440 g/mol. The van der Waals surface area contributed by atoms with Gasteiger partial charge in [-0.15, -0.1) is 0 Å². The third-order valence-electron chi connectivity index (χ3n) is 6.63. The number of para-hydroxylation sites is 2. The van der Waals surface area contributed by atoms with Crippen LogP contribution >= 0.6 is 0 Å². The van der Waals surface area contributed by atoms with Crippen molar-refractivity contribution in [2.75, 3.05) is 39.3 Å². The van der Waals surface area contributed by atoms with Crippen LogP contribution in [-0.4, -0.2) is 73.1 Å². The Morgan fingerprint density at radius 1 is 0.943 bits per heavy atom. The molecule has 1 aliphatic heterocycles. The van der Waals surface area contributed by atoms with Crippen molar-refractivity contribution in [3.8, 4) is 0 Å². The summed E-state index contributed by atoms with van der Waals surface area (Å²) in [6.07, 6.45) is 8.05. The number of amidine groups is 1. The van der Waals surface area contributed by atoms with Gasteiger partial charge in [-0.05, 0) is 70.4 Å². The number of aliphatic imine (C=N–C) groups is 1. The van der Waals surface area contributed by atoms with Crippen LogP contribution in [0.15, 0.2) is 41.5 Å². The van der Waals surface area contributed by atoms with E-state index in [0.29, 0.717) is 24.5 Å². The highest BCUT2D eigenvalue weighted by Gasteiger charge is 2.31. The fraction of sp³-hybridized carbons (Fsp3) is 0.577. The van der Waals surface area contributed by atoms with Crippen LogP contribution in [0.25, 0.3) is 11.0 Å². The molecule has 1 aromatic heterocycles. The number of carbonyl (C=O) groups excluding carboxylic acids is 1. The van der Waals surface area contributed by atoms with Gasteiger partial charge in [0.1, 0.15) is 5.84 Å². The molecule has 2 aromatic rings. The van der Waals surface area contributed by atoms with E-state index in [4.69, 9.17) is 4.99 Å². The van der Waals surface area contributed by atoms with E-state index in [1.54, 1.807) is 0 Å². The number of imidazole rings is 1. The van der Waals surface area contributed by atoms with Crippen molar-refractivity contribution in [2.45, 2.75) is 57.0 Å². The zero-order valence-electron chi connectivity index (χ0n) is 20.7. The summed E-state index contributed by atoms with van der Waals surface area (Å²) in [7, 11) is 0. The van der Waals surface area contributed by atoms with E-state index in [1.807, 2.05) is 24.3 Å². The first-order valence-electron chi connectivity index (χ1n) is 13.1. The van der Waals surface area contributed by atoms with Gasteiger partial charge in [0.15, 0.2) is 5.82 Å². The molecule has 0 radical (unpaired) electrons. The predicted molar refractivity (Wildman–Crippen MR) is 142 cm³/mol. The summed E-state index contributed by atoms with van der Waals surface area (Å²) in [4.78, 5) is 24.4. The second-order valence-corrected chi connectivity index (χ2v) is 9.40. The highest BCUT2D eigenvalue weighted by Crippen LogP contribution is 2.25. The number of amides is 1. The third-order valence-corrected chi connectivity index (χ3v) is 6.63. The van der Waals surface area contributed by atoms with Gasteiger partial charge in [0.25, 0.3) is 5.91 Å². The highest BCUT2D eigenvalue weighted by molar-refractivity contribution is 5.98. The molecule has 1 unspecified atom stereocenters. The van der Waals surface area contributed by atoms with Gasteiger partial charge >= 0.3 is 0 Å². The molecule has 9 nitrogen and oxygen atoms in total. The topological polar surface area (TPSA) is 118 Å². The van der Waals surface area contributed by atoms with Crippen LogP contribution < -0.4 is 26.6 Å². The maximum Gasteiger partial charge on any atom is 0.287 e. The SMILES string of the molecule is C=C(NCCCNCCCNCCCNC(=O)c1nc2ccccc2[nH]1)C1=N[C@H]2CCCCC2N1. The standard InChI is InChI=1S/C26H40N8O/c1-19(24-31-20-9-2-3-10-21(20)32-24)29-17-7-15-27-13-6-14-28-16-8-18-30-26(35)25-33-22-11-4-5-12-23(22)34-25/h4-5,11-12,20-21,27-29H,1-3,6-10,13-18H2,(H,30,35)(H,31,32)(H,33,34)/t20-,21?/m0/s1. The van der Waals surface area contributed by atoms with Gasteiger partial charge < -0.3 is 31.6 Å². The van der Waals surface area contributed by atoms with Crippen molar-refractivity contribution in [1.82, 2.24) is 36.6 Å². The van der Waals surface area contributed by atoms with Gasteiger partial charge in [-0.3, -0.25) is 9.79 Å². The number of fused-ring (bicyclic) bond motifs is 2. The van der Waals surface area contributed by atoms with Crippen molar-refractivity contribution < 1.29 is 4.79 Å². The average Bonchev–Trinajstić information content (AvgIpc) is 3.51. The van der Waals surface area contributed by atoms with Gasteiger partial charge in [-0.2, -0.15) is 0 Å². The molecule has 2 atom stereocenters. The van der Waals surface area contributed by atoms with Crippen molar-refractivity contribution >= 4 is 22.8 Å². The second-order valence-electron chi connectivity index (χ2n) is 9.40. The van der Waals surface area contributed by atoms with Gasteiger partial charge in [-0.1, -0.05) is 31.6 Å². The minimum Gasteiger partial charge on any atom is -0.383 e. The van der Waals surface area contributed by atoms with Crippen LogP contribution in [0.4, 0.5) is 0 Å². The molecule has 190 valence electrons. The number of nitrogens with zero attached hydrogens (tertiary/aromatic N) is 2. The zero-order valence-corrected chi connectivity index (χ0v) is 20.7. The molecule has 1 amide bonds. The molecule has 0 bridgehead atoms. The van der Waals surface area contributed by atoms with Crippen LogP contribution in [0, 0.1) is 0 Å². The number of hydrogen-bond donors (Lipinski definition) is 6. The van der Waals surface area contributed by atoms with Crippen LogP contribution in [0.1, 0.15) is 55.6 Å². The summed E-state index contributed by atoms with van der Waals surface area (Å²) in [6, 6.07) is 8.62. The van der Waals surface area contributed by atoms with Crippen LogP contribution in [0.5, 0.6) is 0 Å². The lowest BCUT2D eigenvalue weighted by atomic mass is 9.92. The average molecular weight is 481 g/mol. The normalized spacial score (nSPS) is 19.1. The quantitative estimate of drug-likeness (QED) is 0.217. The zero-order chi connectivity index (χ0) is 24.3. The number of benzene rings is 1. The van der Waals surface area contributed by atoms with E-state index in [-0.39, 0.29) is 5.91 Å². The van der Waals surface area contributed by atoms with Crippen molar-refractivity contribution in [2.24, 2.45) is 4.99 Å². The fourth-order valence-electron chi connectivity index (χ4n) is 4.66. The number of aromatic amines is 1. The van der Waals surface area contributed by atoms with Crippen LogP contribution in [-0.2, 0) is 0 Å². The number of carbonyl (C=O) groups is 1. The maximum absolute atomic E-state index is 12.2. The fourth-order valence-corrected chi connectivity index (χ4v) is 4.66. The Kier molecular flexibility index (Phi) is 9.54. The largest absolute Gasteiger partial charge is 0.383 e. The van der Waals surface area contributed by atoms with E-state index in [0.717, 1.165) is 74.6 Å². The summed E-state index contributed by atoms with van der Waals surface area (Å²) in [5, 5.41) is 16.8. The molecular formula is C26H40N8O. The molecule has 6 N–H and O–H groups in total. The maximum atomic E-state index is 12.2. The molecule has 1 aliphatic carbocycles. The Labute approximate surface area is 208 Å². The van der Waals surface area contributed by atoms with E-state index in [9.17, 15) is 4.79 Å². The summed E-state index contributed by atoms with van der Waals surface area (Å²) in [5.41, 5.74) is 2.61. The minimum atomic E-state index is -0.158. The van der Waals surface area contributed by atoms with E-state index >= 15 is 0 Å². The molecule has 1 aromatic carbocycles. The predicted octanol–water partition coefficient (Wildman–Crippen LogP) is 2.06. The van der Waals surface area contributed by atoms with E-state index in [1.165, 1.54) is 25.7 Å². The Hall–Kier alpha value is -2.91. The first-order valence-corrected chi connectivity index (χ1v) is 13.1. The number of aromatic nitrogens is 2. The molecule has 0 spiro atoms. The first-order chi connectivity index (χ1) is 17.2. The van der Waals surface area contributed by atoms with Crippen molar-refractivity contribution in [3.63, 3.8) is 0 Å². The first kappa shape index (κ1) is 25.2. The molecule has 1 saturated carbocycles. The molecule has 1 fully saturated rings. The van der Waals surface area contributed by atoms with Gasteiger partial charge in [-0.25, -0.2) is 4.98 Å². The van der Waals surface area contributed by atoms with Gasteiger partial charge in [0.05, 0.1) is 28.8 Å². The lowest BCUT2D eigenvalue weighted by molar-refractivity contribution is 0.0944. The minimum absolute atomic E-state index is 0.158. The second kappa shape index (κ2) is 13.3. The summed E-state index contributed by atoms with van der Waals surface area (Å²) >= 11 is 0. The van der Waals surface area contributed by atoms with Gasteiger partial charge in [0.2, 0.25) is 0 Å². The number of H-pyrrole nitrogens is 1. The third kappa shape index (κ3) is 7.53. The number of hydrogen-bond acceptors (Lipinski definition) is 7. The van der Waals surface area contributed by atoms with E-state index < -0.39 is 0 Å². The summed E-state index contributed by atoms with van der Waals surface area (Å²) in [6.45, 7) is 9.51. The molecule has 2 heterocycles. The van der Waals surface area contributed by atoms with Crippen molar-refractivity contribution in [3.05, 3.63) is 42.4 Å². The van der Waals surface area contributed by atoms with Gasteiger partial charge in [0, 0.05) is 13.1 Å². The molecule has 35 heavy (non-hydrogen) atoms. The van der Waals surface area contributed by atoms with E-state index in [2.05, 4.69) is 43.1 Å². The number of rotatable bonds is 15. The Bertz CT molecular complexity index is 967. The van der Waals surface area contributed by atoms with Crippen molar-refractivity contribution in [1.29, 1.82) is 0 Å². The Morgan fingerprint density at radius 3 is 2.37 bits per heavy atom. The molecule has 0 saturated heterocycles. The smallest absolute Gasteiger partial charge is 0.287 e. The molecule has 4 rings (SSSR count). The van der Waals surface area contributed by atoms with Crippen LogP contribution in [0.2, 0.25) is 0 Å². The Balaban J connectivity index is 0.936. The molecule has 9 heteroatoms. The summed E-state index contributed by atoms with van der Waals surface area (Å²) < 4.78 is 0. The monoisotopic (exact) mass is 480 g/mol. The lowest BCUT2D eigenvalue weighted by Crippen LogP contribution is -2.39.